The highest BCUT2D eigenvalue weighted by molar-refractivity contribution is 5.78. The number of ether oxygens (including phenoxy) is 1. The number of hydrogen-bond donors (Lipinski definition) is 1. The molecule has 3 nitrogen and oxygen atoms in total. The van der Waals surface area contributed by atoms with Gasteiger partial charge in [0.1, 0.15) is 5.75 Å². The molecule has 1 amide bonds. The zero-order valence-electron chi connectivity index (χ0n) is 17.6. The average molecular weight is 388 g/mol. The van der Waals surface area contributed by atoms with Gasteiger partial charge in [-0.25, -0.2) is 0 Å². The minimum absolute atomic E-state index is 0.0156. The van der Waals surface area contributed by atoms with E-state index in [0.717, 1.165) is 33.6 Å². The molecule has 0 bridgehead atoms. The van der Waals surface area contributed by atoms with Gasteiger partial charge in [-0.3, -0.25) is 4.79 Å². The Morgan fingerprint density at radius 1 is 0.862 bits per heavy atom. The van der Waals surface area contributed by atoms with Gasteiger partial charge < -0.3 is 10.1 Å². The standard InChI is InChI=1S/C26H29NO2/c1-18(2)23-14-13-20(4)16-24(23)29-17-25(28)27-26(21-10-6-5-7-11-21)22-12-8-9-19(3)15-22/h5-16,18,26H,17H2,1-4H3,(H,27,28). The van der Waals surface area contributed by atoms with Gasteiger partial charge in [0.15, 0.2) is 6.61 Å². The van der Waals surface area contributed by atoms with Crippen LogP contribution in [0.5, 0.6) is 5.75 Å². The van der Waals surface area contributed by atoms with E-state index in [9.17, 15) is 4.79 Å². The fraction of sp³-hybridized carbons (Fsp3) is 0.269. The molecule has 0 fully saturated rings. The van der Waals surface area contributed by atoms with E-state index in [2.05, 4.69) is 50.4 Å². The largest absolute Gasteiger partial charge is 0.483 e. The first kappa shape index (κ1) is 20.7. The predicted molar refractivity (Wildman–Crippen MR) is 118 cm³/mol. The highest BCUT2D eigenvalue weighted by atomic mass is 16.5. The van der Waals surface area contributed by atoms with Crippen molar-refractivity contribution in [3.8, 4) is 5.75 Å². The van der Waals surface area contributed by atoms with Crippen LogP contribution in [0.15, 0.2) is 72.8 Å². The van der Waals surface area contributed by atoms with E-state index >= 15 is 0 Å². The molecule has 1 atom stereocenters. The van der Waals surface area contributed by atoms with Crippen molar-refractivity contribution >= 4 is 5.91 Å². The Morgan fingerprint density at radius 3 is 2.24 bits per heavy atom. The van der Waals surface area contributed by atoms with Gasteiger partial charge >= 0.3 is 0 Å². The summed E-state index contributed by atoms with van der Waals surface area (Å²) in [6, 6.07) is 24.2. The van der Waals surface area contributed by atoms with Crippen molar-refractivity contribution < 1.29 is 9.53 Å². The Hall–Kier alpha value is -3.07. The number of rotatable bonds is 7. The van der Waals surface area contributed by atoms with Crippen LogP contribution in [0, 0.1) is 13.8 Å². The second-order valence-corrected chi connectivity index (χ2v) is 7.81. The molecular formula is C26H29NO2. The molecule has 0 spiro atoms. The van der Waals surface area contributed by atoms with Crippen molar-refractivity contribution in [3.05, 3.63) is 101 Å². The van der Waals surface area contributed by atoms with E-state index in [4.69, 9.17) is 4.74 Å². The second kappa shape index (κ2) is 9.42. The lowest BCUT2D eigenvalue weighted by Crippen LogP contribution is -2.33. The smallest absolute Gasteiger partial charge is 0.258 e. The molecule has 3 aromatic carbocycles. The summed E-state index contributed by atoms with van der Waals surface area (Å²) in [6.45, 7) is 8.32. The minimum atomic E-state index is -0.214. The van der Waals surface area contributed by atoms with Crippen LogP contribution < -0.4 is 10.1 Å². The molecule has 0 aliphatic heterocycles. The summed E-state index contributed by atoms with van der Waals surface area (Å²) >= 11 is 0. The molecule has 3 heteroatoms. The number of carbonyl (C=O) groups excluding carboxylic acids is 1. The van der Waals surface area contributed by atoms with Gasteiger partial charge in [0, 0.05) is 0 Å². The molecule has 29 heavy (non-hydrogen) atoms. The van der Waals surface area contributed by atoms with Crippen LogP contribution in [-0.2, 0) is 4.79 Å². The first-order chi connectivity index (χ1) is 13.9. The van der Waals surface area contributed by atoms with Crippen molar-refractivity contribution in [2.24, 2.45) is 0 Å². The summed E-state index contributed by atoms with van der Waals surface area (Å²) in [5, 5.41) is 3.15. The molecule has 0 heterocycles. The topological polar surface area (TPSA) is 38.3 Å². The summed E-state index contributed by atoms with van der Waals surface area (Å²) in [7, 11) is 0. The molecule has 0 aromatic heterocycles. The first-order valence-corrected chi connectivity index (χ1v) is 10.1. The third kappa shape index (κ3) is 5.47. The fourth-order valence-electron chi connectivity index (χ4n) is 3.44. The zero-order chi connectivity index (χ0) is 20.8. The lowest BCUT2D eigenvalue weighted by molar-refractivity contribution is -0.123. The van der Waals surface area contributed by atoms with Crippen LogP contribution >= 0.6 is 0 Å². The quantitative estimate of drug-likeness (QED) is 0.564. The van der Waals surface area contributed by atoms with Gasteiger partial charge in [0.25, 0.3) is 5.91 Å². The Labute approximate surface area is 173 Å². The minimum Gasteiger partial charge on any atom is -0.483 e. The van der Waals surface area contributed by atoms with Gasteiger partial charge in [0.2, 0.25) is 0 Å². The molecule has 1 unspecified atom stereocenters. The molecular weight excluding hydrogens is 358 g/mol. The SMILES string of the molecule is Cc1cccc(C(NC(=O)COc2cc(C)ccc2C(C)C)c2ccccc2)c1. The number of amides is 1. The Morgan fingerprint density at radius 2 is 1.55 bits per heavy atom. The van der Waals surface area contributed by atoms with Gasteiger partial charge in [-0.15, -0.1) is 0 Å². The summed E-state index contributed by atoms with van der Waals surface area (Å²) in [5.74, 6) is 0.969. The summed E-state index contributed by atoms with van der Waals surface area (Å²) < 4.78 is 5.93. The summed E-state index contributed by atoms with van der Waals surface area (Å²) in [5.41, 5.74) is 5.50. The molecule has 0 aliphatic rings. The van der Waals surface area contributed by atoms with Crippen molar-refractivity contribution in [3.63, 3.8) is 0 Å². The molecule has 3 aromatic rings. The van der Waals surface area contributed by atoms with Crippen LogP contribution in [0.2, 0.25) is 0 Å². The van der Waals surface area contributed by atoms with E-state index in [1.807, 2.05) is 55.5 Å². The van der Waals surface area contributed by atoms with Gasteiger partial charge in [-0.2, -0.15) is 0 Å². The third-order valence-electron chi connectivity index (χ3n) is 4.96. The fourth-order valence-corrected chi connectivity index (χ4v) is 3.44. The first-order valence-electron chi connectivity index (χ1n) is 10.1. The maximum atomic E-state index is 12.8. The number of carbonyl (C=O) groups is 1. The molecule has 150 valence electrons. The molecule has 0 radical (unpaired) electrons. The maximum absolute atomic E-state index is 12.8. The summed E-state index contributed by atoms with van der Waals surface area (Å²) in [4.78, 5) is 12.8. The Kier molecular flexibility index (Phi) is 6.71. The second-order valence-electron chi connectivity index (χ2n) is 7.81. The molecule has 0 aliphatic carbocycles. The maximum Gasteiger partial charge on any atom is 0.258 e. The number of benzene rings is 3. The molecule has 0 saturated carbocycles. The lowest BCUT2D eigenvalue weighted by Gasteiger charge is -2.21. The number of nitrogens with one attached hydrogen (secondary N) is 1. The molecule has 0 saturated heterocycles. The van der Waals surface area contributed by atoms with Crippen LogP contribution in [0.4, 0.5) is 0 Å². The number of hydrogen-bond acceptors (Lipinski definition) is 2. The highest BCUT2D eigenvalue weighted by Gasteiger charge is 2.18. The Bertz CT molecular complexity index is 963. The van der Waals surface area contributed by atoms with Gasteiger partial charge in [-0.05, 0) is 48.1 Å². The van der Waals surface area contributed by atoms with E-state index < -0.39 is 0 Å². The van der Waals surface area contributed by atoms with E-state index in [-0.39, 0.29) is 18.6 Å². The predicted octanol–water partition coefficient (Wildman–Crippen LogP) is 5.71. The molecule has 1 N–H and O–H groups in total. The zero-order valence-corrected chi connectivity index (χ0v) is 17.6. The van der Waals surface area contributed by atoms with E-state index in [1.54, 1.807) is 0 Å². The third-order valence-corrected chi connectivity index (χ3v) is 4.96. The van der Waals surface area contributed by atoms with Crippen molar-refractivity contribution in [1.29, 1.82) is 0 Å². The average Bonchev–Trinajstić information content (AvgIpc) is 2.71. The van der Waals surface area contributed by atoms with Crippen molar-refractivity contribution in [2.75, 3.05) is 6.61 Å². The van der Waals surface area contributed by atoms with Crippen LogP contribution in [0.3, 0.4) is 0 Å². The highest BCUT2D eigenvalue weighted by Crippen LogP contribution is 2.28. The normalized spacial score (nSPS) is 11.9. The van der Waals surface area contributed by atoms with E-state index in [1.165, 1.54) is 0 Å². The van der Waals surface area contributed by atoms with Crippen LogP contribution in [-0.4, -0.2) is 12.5 Å². The van der Waals surface area contributed by atoms with E-state index in [0.29, 0.717) is 5.92 Å². The van der Waals surface area contributed by atoms with Gasteiger partial charge in [0.05, 0.1) is 6.04 Å². The molecule has 3 rings (SSSR count). The van der Waals surface area contributed by atoms with Crippen LogP contribution in [0.1, 0.15) is 53.6 Å². The van der Waals surface area contributed by atoms with Crippen molar-refractivity contribution in [2.45, 2.75) is 39.7 Å². The van der Waals surface area contributed by atoms with Gasteiger partial charge in [-0.1, -0.05) is 86.1 Å². The van der Waals surface area contributed by atoms with Crippen LogP contribution in [0.25, 0.3) is 0 Å². The Balaban J connectivity index is 1.77. The monoisotopic (exact) mass is 387 g/mol. The lowest BCUT2D eigenvalue weighted by atomic mass is 9.97. The number of aryl methyl sites for hydroxylation is 2. The summed E-state index contributed by atoms with van der Waals surface area (Å²) in [6.07, 6.45) is 0. The van der Waals surface area contributed by atoms with Crippen molar-refractivity contribution in [1.82, 2.24) is 5.32 Å².